The lowest BCUT2D eigenvalue weighted by molar-refractivity contribution is 0.415. The molecule has 0 saturated heterocycles. The van der Waals surface area contributed by atoms with Gasteiger partial charge in [0.05, 0.1) is 18.5 Å². The molecule has 3 nitrogen and oxygen atoms in total. The molecule has 0 unspecified atom stereocenters. The number of benzene rings is 2. The Morgan fingerprint density at radius 1 is 1.17 bits per heavy atom. The molecule has 0 atom stereocenters. The van der Waals surface area contributed by atoms with Crippen LogP contribution in [0.4, 0.5) is 17.1 Å². The third-order valence-corrected chi connectivity index (χ3v) is 3.05. The molecule has 0 heterocycles. The van der Waals surface area contributed by atoms with Gasteiger partial charge in [0.25, 0.3) is 0 Å². The third kappa shape index (κ3) is 2.96. The summed E-state index contributed by atoms with van der Waals surface area (Å²) >= 11 is 3.45. The van der Waals surface area contributed by atoms with Crippen molar-refractivity contribution in [3.8, 4) is 5.75 Å². The number of aryl methyl sites for hydroxylation is 1. The Morgan fingerprint density at radius 3 is 2.61 bits per heavy atom. The van der Waals surface area contributed by atoms with E-state index in [0.717, 1.165) is 32.8 Å². The normalized spacial score (nSPS) is 10.2. The van der Waals surface area contributed by atoms with Crippen LogP contribution in [0.1, 0.15) is 5.56 Å². The second-order valence-corrected chi connectivity index (χ2v) is 5.01. The molecule has 0 fully saturated rings. The molecule has 94 valence electrons. The van der Waals surface area contributed by atoms with E-state index in [1.54, 1.807) is 7.11 Å². The zero-order chi connectivity index (χ0) is 13.1. The highest BCUT2D eigenvalue weighted by Crippen LogP contribution is 2.29. The number of anilines is 3. The second-order valence-electron chi connectivity index (χ2n) is 4.10. The first-order chi connectivity index (χ1) is 8.58. The molecule has 0 saturated carbocycles. The SMILES string of the molecule is COc1cc(Br)cc(Nc2ccc(C)cc2N)c1. The smallest absolute Gasteiger partial charge is 0.122 e. The molecule has 0 radical (unpaired) electrons. The number of nitrogens with one attached hydrogen (secondary N) is 1. The fourth-order valence-electron chi connectivity index (χ4n) is 1.70. The lowest BCUT2D eigenvalue weighted by Gasteiger charge is -2.11. The average molecular weight is 307 g/mol. The van der Waals surface area contributed by atoms with Gasteiger partial charge in [-0.3, -0.25) is 0 Å². The van der Waals surface area contributed by atoms with Crippen molar-refractivity contribution >= 4 is 33.0 Å². The predicted octanol–water partition coefficient (Wildman–Crippen LogP) is 4.09. The van der Waals surface area contributed by atoms with E-state index >= 15 is 0 Å². The Kier molecular flexibility index (Phi) is 3.77. The summed E-state index contributed by atoms with van der Waals surface area (Å²) in [7, 11) is 1.64. The zero-order valence-corrected chi connectivity index (χ0v) is 11.9. The van der Waals surface area contributed by atoms with E-state index in [1.807, 2.05) is 43.3 Å². The zero-order valence-electron chi connectivity index (χ0n) is 10.3. The largest absolute Gasteiger partial charge is 0.497 e. The van der Waals surface area contributed by atoms with Crippen LogP contribution in [0.3, 0.4) is 0 Å². The summed E-state index contributed by atoms with van der Waals surface area (Å²) in [5.41, 5.74) is 9.66. The van der Waals surface area contributed by atoms with Crippen molar-refractivity contribution in [2.75, 3.05) is 18.2 Å². The monoisotopic (exact) mass is 306 g/mol. The second kappa shape index (κ2) is 5.31. The molecule has 0 aliphatic heterocycles. The van der Waals surface area contributed by atoms with Crippen LogP contribution in [0.5, 0.6) is 5.75 Å². The Labute approximate surface area is 115 Å². The molecule has 0 aliphatic carbocycles. The van der Waals surface area contributed by atoms with E-state index in [9.17, 15) is 0 Å². The summed E-state index contributed by atoms with van der Waals surface area (Å²) in [5.74, 6) is 0.789. The lowest BCUT2D eigenvalue weighted by Crippen LogP contribution is -1.97. The number of nitrogen functional groups attached to an aromatic ring is 1. The van der Waals surface area contributed by atoms with Crippen LogP contribution in [0.25, 0.3) is 0 Å². The van der Waals surface area contributed by atoms with Gasteiger partial charge in [0.2, 0.25) is 0 Å². The van der Waals surface area contributed by atoms with Crippen LogP contribution in [0.2, 0.25) is 0 Å². The summed E-state index contributed by atoms with van der Waals surface area (Å²) in [6, 6.07) is 11.7. The fourth-order valence-corrected chi connectivity index (χ4v) is 2.18. The first-order valence-electron chi connectivity index (χ1n) is 5.56. The topological polar surface area (TPSA) is 47.3 Å². The quantitative estimate of drug-likeness (QED) is 0.840. The van der Waals surface area contributed by atoms with Gasteiger partial charge in [0, 0.05) is 16.2 Å². The van der Waals surface area contributed by atoms with Crippen molar-refractivity contribution in [3.05, 3.63) is 46.4 Å². The van der Waals surface area contributed by atoms with Crippen LogP contribution >= 0.6 is 15.9 Å². The molecule has 0 bridgehead atoms. The summed E-state index contributed by atoms with van der Waals surface area (Å²) in [6.07, 6.45) is 0. The maximum Gasteiger partial charge on any atom is 0.122 e. The summed E-state index contributed by atoms with van der Waals surface area (Å²) in [6.45, 7) is 2.02. The average Bonchev–Trinajstić information content (AvgIpc) is 2.32. The summed E-state index contributed by atoms with van der Waals surface area (Å²) in [5, 5.41) is 3.28. The van der Waals surface area contributed by atoms with Crippen LogP contribution < -0.4 is 15.8 Å². The van der Waals surface area contributed by atoms with E-state index in [2.05, 4.69) is 21.2 Å². The first kappa shape index (κ1) is 12.8. The van der Waals surface area contributed by atoms with Gasteiger partial charge in [-0.1, -0.05) is 22.0 Å². The van der Waals surface area contributed by atoms with Crippen LogP contribution in [-0.2, 0) is 0 Å². The van der Waals surface area contributed by atoms with Crippen molar-refractivity contribution in [2.45, 2.75) is 6.92 Å². The third-order valence-electron chi connectivity index (χ3n) is 2.59. The van der Waals surface area contributed by atoms with Gasteiger partial charge in [-0.25, -0.2) is 0 Å². The molecular weight excluding hydrogens is 292 g/mol. The molecule has 0 spiro atoms. The molecular formula is C14H15BrN2O. The van der Waals surface area contributed by atoms with Gasteiger partial charge < -0.3 is 15.8 Å². The molecule has 0 aliphatic rings. The number of halogens is 1. The summed E-state index contributed by atoms with van der Waals surface area (Å²) in [4.78, 5) is 0. The van der Waals surface area contributed by atoms with E-state index < -0.39 is 0 Å². The maximum atomic E-state index is 5.97. The van der Waals surface area contributed by atoms with Crippen molar-refractivity contribution in [1.82, 2.24) is 0 Å². The molecule has 0 amide bonds. The Balaban J connectivity index is 2.30. The molecule has 2 aromatic carbocycles. The number of rotatable bonds is 3. The predicted molar refractivity (Wildman–Crippen MR) is 79.6 cm³/mol. The fraction of sp³-hybridized carbons (Fsp3) is 0.143. The molecule has 0 aromatic heterocycles. The van der Waals surface area contributed by atoms with Crippen molar-refractivity contribution in [1.29, 1.82) is 0 Å². The highest BCUT2D eigenvalue weighted by Gasteiger charge is 2.03. The van der Waals surface area contributed by atoms with E-state index in [-0.39, 0.29) is 0 Å². The van der Waals surface area contributed by atoms with Gasteiger partial charge in [-0.15, -0.1) is 0 Å². The number of ether oxygens (including phenoxy) is 1. The molecule has 2 rings (SSSR count). The number of hydrogen-bond acceptors (Lipinski definition) is 3. The van der Waals surface area contributed by atoms with Crippen molar-refractivity contribution in [2.24, 2.45) is 0 Å². The van der Waals surface area contributed by atoms with Gasteiger partial charge in [0.1, 0.15) is 5.75 Å². The maximum absolute atomic E-state index is 5.97. The van der Waals surface area contributed by atoms with Gasteiger partial charge in [-0.05, 0) is 36.8 Å². The molecule has 4 heteroatoms. The van der Waals surface area contributed by atoms with Crippen LogP contribution in [-0.4, -0.2) is 7.11 Å². The standard InChI is InChI=1S/C14H15BrN2O/c1-9-3-4-14(13(16)5-9)17-11-6-10(15)7-12(8-11)18-2/h3-8,17H,16H2,1-2H3. The highest BCUT2D eigenvalue weighted by atomic mass is 79.9. The minimum Gasteiger partial charge on any atom is -0.497 e. The van der Waals surface area contributed by atoms with Crippen molar-refractivity contribution < 1.29 is 4.74 Å². The van der Waals surface area contributed by atoms with E-state index in [0.29, 0.717) is 0 Å². The highest BCUT2D eigenvalue weighted by molar-refractivity contribution is 9.10. The van der Waals surface area contributed by atoms with Gasteiger partial charge in [-0.2, -0.15) is 0 Å². The van der Waals surface area contributed by atoms with Crippen molar-refractivity contribution in [3.63, 3.8) is 0 Å². The first-order valence-corrected chi connectivity index (χ1v) is 6.35. The number of methoxy groups -OCH3 is 1. The minimum atomic E-state index is 0.731. The molecule has 2 aromatic rings. The molecule has 18 heavy (non-hydrogen) atoms. The Morgan fingerprint density at radius 2 is 1.94 bits per heavy atom. The minimum absolute atomic E-state index is 0.731. The Bertz CT molecular complexity index is 570. The number of nitrogens with two attached hydrogens (primary N) is 1. The number of hydrogen-bond donors (Lipinski definition) is 2. The van der Waals surface area contributed by atoms with Gasteiger partial charge >= 0.3 is 0 Å². The lowest BCUT2D eigenvalue weighted by atomic mass is 10.2. The van der Waals surface area contributed by atoms with Gasteiger partial charge in [0.15, 0.2) is 0 Å². The molecule has 3 N–H and O–H groups in total. The van der Waals surface area contributed by atoms with E-state index in [1.165, 1.54) is 0 Å². The summed E-state index contributed by atoms with van der Waals surface area (Å²) < 4.78 is 6.18. The van der Waals surface area contributed by atoms with Crippen LogP contribution in [0.15, 0.2) is 40.9 Å². The van der Waals surface area contributed by atoms with Crippen LogP contribution in [0, 0.1) is 6.92 Å². The Hall–Kier alpha value is -1.68. The van der Waals surface area contributed by atoms with E-state index in [4.69, 9.17) is 10.5 Å².